The normalized spacial score (nSPS) is 19.7. The lowest BCUT2D eigenvalue weighted by Crippen LogP contribution is -2.38. The van der Waals surface area contributed by atoms with Crippen LogP contribution in [-0.2, 0) is 18.1 Å². The van der Waals surface area contributed by atoms with Gasteiger partial charge in [0.1, 0.15) is 0 Å². The zero-order valence-electron chi connectivity index (χ0n) is 14.2. The van der Waals surface area contributed by atoms with E-state index < -0.39 is 0 Å². The molecule has 2 aliphatic heterocycles. The largest absolute Gasteiger partial charge is 0.299 e. The van der Waals surface area contributed by atoms with Crippen LogP contribution in [0.5, 0.6) is 0 Å². The second-order valence-corrected chi connectivity index (χ2v) is 7.50. The van der Waals surface area contributed by atoms with Gasteiger partial charge in [0.05, 0.1) is 6.07 Å². The van der Waals surface area contributed by atoms with Crippen molar-refractivity contribution in [3.63, 3.8) is 0 Å². The Bertz CT molecular complexity index is 525. The lowest BCUT2D eigenvalue weighted by molar-refractivity contribution is 0.116. The highest BCUT2D eigenvalue weighted by molar-refractivity contribution is 7.98. The highest BCUT2D eigenvalue weighted by atomic mass is 32.2. The maximum atomic E-state index is 8.91. The molecular weight excluding hydrogens is 288 g/mol. The number of fused-ring (bicyclic) bond motifs is 1. The zero-order valence-corrected chi connectivity index (χ0v) is 15.0. The molecule has 0 atom stereocenters. The summed E-state index contributed by atoms with van der Waals surface area (Å²) in [4.78, 5) is 2.54. The van der Waals surface area contributed by atoms with Crippen LogP contribution in [0.3, 0.4) is 0 Å². The van der Waals surface area contributed by atoms with E-state index in [0.717, 1.165) is 32.5 Å². The van der Waals surface area contributed by atoms with Gasteiger partial charge in [0, 0.05) is 24.5 Å². The number of nitriles is 1. The second-order valence-electron chi connectivity index (χ2n) is 6.52. The monoisotopic (exact) mass is 316 g/mol. The minimum Gasteiger partial charge on any atom is -0.299 e. The summed E-state index contributed by atoms with van der Waals surface area (Å²) in [5.74, 6) is 2.37. The summed E-state index contributed by atoms with van der Waals surface area (Å²) in [5, 5.41) is 8.91. The van der Waals surface area contributed by atoms with Crippen LogP contribution < -0.4 is 0 Å². The topological polar surface area (TPSA) is 27.0 Å². The quantitative estimate of drug-likeness (QED) is 0.787. The van der Waals surface area contributed by atoms with Gasteiger partial charge in [-0.1, -0.05) is 39.0 Å². The van der Waals surface area contributed by atoms with Crippen LogP contribution in [0.25, 0.3) is 0 Å². The molecule has 0 radical (unpaired) electrons. The van der Waals surface area contributed by atoms with Crippen LogP contribution in [0.1, 0.15) is 56.7 Å². The van der Waals surface area contributed by atoms with Crippen molar-refractivity contribution in [2.45, 2.75) is 58.1 Å². The highest BCUT2D eigenvalue weighted by Crippen LogP contribution is 2.35. The molecule has 0 saturated carbocycles. The zero-order chi connectivity index (χ0) is 16.0. The number of likely N-dealkylation sites (tertiary alicyclic amines) is 1. The van der Waals surface area contributed by atoms with Crippen LogP contribution in [0, 0.1) is 16.7 Å². The summed E-state index contributed by atoms with van der Waals surface area (Å²) in [6.45, 7) is 9.59. The van der Waals surface area contributed by atoms with E-state index in [2.05, 4.69) is 36.1 Å². The Morgan fingerprint density at radius 1 is 1.18 bits per heavy atom. The third kappa shape index (κ3) is 4.27. The average Bonchev–Trinajstić information content (AvgIpc) is 3.00. The van der Waals surface area contributed by atoms with Crippen molar-refractivity contribution in [3.8, 4) is 6.07 Å². The van der Waals surface area contributed by atoms with Gasteiger partial charge < -0.3 is 0 Å². The molecule has 1 aromatic rings. The summed E-state index contributed by atoms with van der Waals surface area (Å²) in [5.41, 5.74) is 4.77. The smallest absolute Gasteiger partial charge is 0.0627 e. The third-order valence-electron chi connectivity index (χ3n) is 4.76. The van der Waals surface area contributed by atoms with E-state index in [-0.39, 0.29) is 5.41 Å². The first-order valence-electron chi connectivity index (χ1n) is 8.46. The molecule has 1 aromatic carbocycles. The standard InChI is InChI=1S/C17H22N2S.C2H6/c1-17(4-7-18)5-8-19(9-6-17)11-14-2-3-15-12-20-13-16(15)10-14;1-2/h2-3,10H,4-6,8-9,11-13H2,1H3;1-2H3. The van der Waals surface area contributed by atoms with Crippen LogP contribution in [0.2, 0.25) is 0 Å². The molecule has 2 aliphatic rings. The first kappa shape index (κ1) is 17.4. The van der Waals surface area contributed by atoms with Gasteiger partial charge in [-0.2, -0.15) is 17.0 Å². The van der Waals surface area contributed by atoms with Gasteiger partial charge >= 0.3 is 0 Å². The fourth-order valence-corrected chi connectivity index (χ4v) is 4.29. The number of hydrogen-bond acceptors (Lipinski definition) is 3. The minimum atomic E-state index is 0.250. The first-order chi connectivity index (χ1) is 10.7. The van der Waals surface area contributed by atoms with Crippen molar-refractivity contribution in [2.24, 2.45) is 5.41 Å². The summed E-state index contributed by atoms with van der Waals surface area (Å²) in [7, 11) is 0. The average molecular weight is 317 g/mol. The molecule has 0 N–H and O–H groups in total. The highest BCUT2D eigenvalue weighted by Gasteiger charge is 2.29. The van der Waals surface area contributed by atoms with Crippen LogP contribution in [-0.4, -0.2) is 18.0 Å². The predicted octanol–water partition coefficient (Wildman–Crippen LogP) is 4.98. The third-order valence-corrected chi connectivity index (χ3v) is 5.79. The van der Waals surface area contributed by atoms with E-state index in [9.17, 15) is 0 Å². The van der Waals surface area contributed by atoms with E-state index in [1.807, 2.05) is 25.6 Å². The number of piperidine rings is 1. The van der Waals surface area contributed by atoms with Gasteiger partial charge in [-0.05, 0) is 48.0 Å². The minimum absolute atomic E-state index is 0.250. The van der Waals surface area contributed by atoms with E-state index in [0.29, 0.717) is 6.42 Å². The van der Waals surface area contributed by atoms with Gasteiger partial charge in [0.25, 0.3) is 0 Å². The molecule has 0 spiro atoms. The summed E-state index contributed by atoms with van der Waals surface area (Å²) in [6.07, 6.45) is 3.01. The fraction of sp³-hybridized carbons (Fsp3) is 0.632. The predicted molar refractivity (Wildman–Crippen MR) is 95.6 cm³/mol. The second kappa shape index (κ2) is 8.04. The Balaban J connectivity index is 0.000000847. The summed E-state index contributed by atoms with van der Waals surface area (Å²) in [6, 6.07) is 9.36. The Labute approximate surface area is 139 Å². The molecular formula is C19H28N2S. The fourth-order valence-electron chi connectivity index (χ4n) is 3.20. The van der Waals surface area contributed by atoms with Gasteiger partial charge in [0.2, 0.25) is 0 Å². The number of thioether (sulfide) groups is 1. The maximum absolute atomic E-state index is 8.91. The Morgan fingerprint density at radius 3 is 2.55 bits per heavy atom. The molecule has 3 rings (SSSR count). The van der Waals surface area contributed by atoms with Crippen molar-refractivity contribution in [2.75, 3.05) is 13.1 Å². The maximum Gasteiger partial charge on any atom is 0.0627 e. The van der Waals surface area contributed by atoms with E-state index >= 15 is 0 Å². The molecule has 0 amide bonds. The van der Waals surface area contributed by atoms with Gasteiger partial charge in [-0.3, -0.25) is 4.90 Å². The van der Waals surface area contributed by atoms with Gasteiger partial charge in [-0.15, -0.1) is 0 Å². The number of nitrogens with zero attached hydrogens (tertiary/aromatic N) is 2. The molecule has 120 valence electrons. The van der Waals surface area contributed by atoms with Crippen molar-refractivity contribution < 1.29 is 0 Å². The molecule has 22 heavy (non-hydrogen) atoms. The van der Waals surface area contributed by atoms with Gasteiger partial charge in [-0.25, -0.2) is 0 Å². The van der Waals surface area contributed by atoms with Crippen molar-refractivity contribution in [1.29, 1.82) is 5.26 Å². The Morgan fingerprint density at radius 2 is 1.86 bits per heavy atom. The lowest BCUT2D eigenvalue weighted by Gasteiger charge is -2.38. The molecule has 2 heterocycles. The molecule has 0 unspecified atom stereocenters. The number of rotatable bonds is 3. The van der Waals surface area contributed by atoms with Gasteiger partial charge in [0.15, 0.2) is 0 Å². The Hall–Kier alpha value is -0.980. The molecule has 3 heteroatoms. The van der Waals surface area contributed by atoms with Crippen molar-refractivity contribution >= 4 is 11.8 Å². The van der Waals surface area contributed by atoms with E-state index in [1.165, 1.54) is 22.6 Å². The van der Waals surface area contributed by atoms with Crippen molar-refractivity contribution in [1.82, 2.24) is 4.90 Å². The van der Waals surface area contributed by atoms with Crippen LogP contribution in [0.15, 0.2) is 18.2 Å². The number of hydrogen-bond donors (Lipinski definition) is 0. The number of benzene rings is 1. The molecule has 0 aromatic heterocycles. The van der Waals surface area contributed by atoms with Crippen LogP contribution >= 0.6 is 11.8 Å². The van der Waals surface area contributed by atoms with E-state index in [4.69, 9.17) is 5.26 Å². The molecule has 0 aliphatic carbocycles. The molecule has 0 bridgehead atoms. The molecule has 2 nitrogen and oxygen atoms in total. The molecule has 1 saturated heterocycles. The summed E-state index contributed by atoms with van der Waals surface area (Å²) >= 11 is 2.02. The Kier molecular flexibility index (Phi) is 6.35. The molecule has 1 fully saturated rings. The summed E-state index contributed by atoms with van der Waals surface area (Å²) < 4.78 is 0. The first-order valence-corrected chi connectivity index (χ1v) is 9.62. The van der Waals surface area contributed by atoms with Crippen molar-refractivity contribution in [3.05, 3.63) is 34.9 Å². The van der Waals surface area contributed by atoms with E-state index in [1.54, 1.807) is 5.56 Å². The van der Waals surface area contributed by atoms with Crippen LogP contribution in [0.4, 0.5) is 0 Å². The SMILES string of the molecule is CC.CC1(CC#N)CCN(Cc2ccc3c(c2)CSC3)CC1. The lowest BCUT2D eigenvalue weighted by atomic mass is 9.78.